The van der Waals surface area contributed by atoms with E-state index in [1.54, 1.807) is 7.05 Å². The molecule has 0 aromatic heterocycles. The lowest BCUT2D eigenvalue weighted by atomic mass is 10.3. The van der Waals surface area contributed by atoms with Gasteiger partial charge in [-0.15, -0.1) is 0 Å². The molecule has 0 aliphatic carbocycles. The van der Waals surface area contributed by atoms with Crippen LogP contribution in [0.3, 0.4) is 0 Å². The van der Waals surface area contributed by atoms with E-state index in [0.717, 1.165) is 0 Å². The Kier molecular flexibility index (Phi) is 2.43. The molecule has 0 aromatic carbocycles. The van der Waals surface area contributed by atoms with Crippen molar-refractivity contribution in [3.8, 4) is 0 Å². The number of nitrogens with one attached hydrogen (secondary N) is 1. The third-order valence-electron chi connectivity index (χ3n) is 1.32. The first kappa shape index (κ1) is 8.00. The van der Waals surface area contributed by atoms with E-state index in [4.69, 9.17) is 9.84 Å². The second-order valence-electron chi connectivity index (χ2n) is 2.22. The van der Waals surface area contributed by atoms with Gasteiger partial charge in [-0.1, -0.05) is 0 Å². The summed E-state index contributed by atoms with van der Waals surface area (Å²) in [5.74, 6) is -0.462. The van der Waals surface area contributed by atoms with Crippen LogP contribution in [0.5, 0.6) is 0 Å². The molecule has 1 heterocycles. The van der Waals surface area contributed by atoms with Crippen molar-refractivity contribution >= 4 is 11.9 Å². The predicted molar refractivity (Wildman–Crippen MR) is 38.7 cm³/mol. The van der Waals surface area contributed by atoms with Crippen molar-refractivity contribution < 1.29 is 14.6 Å². The molecule has 0 bridgehead atoms. The van der Waals surface area contributed by atoms with Crippen LogP contribution >= 0.6 is 0 Å². The summed E-state index contributed by atoms with van der Waals surface area (Å²) in [4.78, 5) is 14.2. The number of aliphatic imine (C=N–C) groups is 1. The molecule has 1 unspecified atom stereocenters. The van der Waals surface area contributed by atoms with E-state index >= 15 is 0 Å². The molecule has 2 N–H and O–H groups in total. The van der Waals surface area contributed by atoms with Crippen molar-refractivity contribution in [3.05, 3.63) is 0 Å². The van der Waals surface area contributed by atoms with Gasteiger partial charge in [0.1, 0.15) is 6.61 Å². The van der Waals surface area contributed by atoms with Crippen molar-refractivity contribution in [1.29, 1.82) is 0 Å². The highest BCUT2D eigenvalue weighted by Crippen LogP contribution is 2.03. The first-order valence-electron chi connectivity index (χ1n) is 3.31. The van der Waals surface area contributed by atoms with Crippen LogP contribution in [-0.2, 0) is 9.53 Å². The van der Waals surface area contributed by atoms with Crippen molar-refractivity contribution in [3.63, 3.8) is 0 Å². The van der Waals surface area contributed by atoms with Crippen molar-refractivity contribution in [2.45, 2.75) is 6.04 Å². The molecule has 62 valence electrons. The number of carboxylic acid groups (broad SMARTS) is 1. The Hall–Kier alpha value is -1.10. The van der Waals surface area contributed by atoms with E-state index in [0.29, 0.717) is 12.4 Å². The lowest BCUT2D eigenvalue weighted by molar-refractivity contribution is -0.138. The van der Waals surface area contributed by atoms with Crippen LogP contribution in [0.1, 0.15) is 0 Å². The monoisotopic (exact) mass is 158 g/mol. The van der Waals surface area contributed by atoms with Crippen LogP contribution in [-0.4, -0.2) is 43.2 Å². The van der Waals surface area contributed by atoms with Gasteiger partial charge in [0.2, 0.25) is 0 Å². The fourth-order valence-corrected chi connectivity index (χ4v) is 0.798. The van der Waals surface area contributed by atoms with Crippen molar-refractivity contribution in [1.82, 2.24) is 5.32 Å². The summed E-state index contributed by atoms with van der Waals surface area (Å²) in [6, 6.07) is -0.710. The number of hydrogen-bond acceptors (Lipinski definition) is 4. The molecule has 0 saturated carbocycles. The average molecular weight is 158 g/mol. The van der Waals surface area contributed by atoms with E-state index in [1.165, 1.54) is 0 Å². The molecule has 0 fully saturated rings. The minimum atomic E-state index is -0.934. The summed E-state index contributed by atoms with van der Waals surface area (Å²) in [5.41, 5.74) is 0. The molecule has 0 radical (unpaired) electrons. The Morgan fingerprint density at radius 3 is 3.18 bits per heavy atom. The number of likely N-dealkylation sites (N-methyl/N-ethyl adjacent to an activating group) is 1. The average Bonchev–Trinajstić information content (AvgIpc) is 2.37. The zero-order chi connectivity index (χ0) is 8.27. The number of carbonyl (C=O) groups is 1. The summed E-state index contributed by atoms with van der Waals surface area (Å²) in [6.45, 7) is 0.649. The third kappa shape index (κ3) is 1.91. The molecule has 1 aliphatic rings. The third-order valence-corrected chi connectivity index (χ3v) is 1.32. The van der Waals surface area contributed by atoms with Gasteiger partial charge in [-0.05, 0) is 7.05 Å². The number of rotatable bonds is 3. The number of carboxylic acids is 1. The fourth-order valence-electron chi connectivity index (χ4n) is 0.798. The Bertz CT molecular complexity index is 190. The predicted octanol–water partition coefficient (Wildman–Crippen LogP) is -0.912. The summed E-state index contributed by atoms with van der Waals surface area (Å²) in [5, 5.41) is 11.3. The molecular formula is C6H10N2O3. The lowest BCUT2D eigenvalue weighted by Crippen LogP contribution is -2.18. The van der Waals surface area contributed by atoms with Crippen molar-refractivity contribution in [2.24, 2.45) is 4.99 Å². The number of hydrogen-bond donors (Lipinski definition) is 2. The van der Waals surface area contributed by atoms with Crippen molar-refractivity contribution in [2.75, 3.05) is 20.2 Å². The van der Waals surface area contributed by atoms with Gasteiger partial charge in [-0.25, -0.2) is 9.79 Å². The number of ether oxygens (including phenoxy) is 1. The summed E-state index contributed by atoms with van der Waals surface area (Å²) in [7, 11) is 1.75. The fraction of sp³-hybridized carbons (Fsp3) is 0.667. The molecule has 11 heavy (non-hydrogen) atoms. The van der Waals surface area contributed by atoms with E-state index in [-0.39, 0.29) is 6.61 Å². The normalized spacial score (nSPS) is 22.6. The van der Waals surface area contributed by atoms with Crippen LogP contribution < -0.4 is 5.32 Å². The molecule has 0 aromatic rings. The highest BCUT2D eigenvalue weighted by Gasteiger charge is 2.24. The smallest absolute Gasteiger partial charge is 0.332 e. The van der Waals surface area contributed by atoms with E-state index in [1.807, 2.05) is 0 Å². The number of aliphatic carboxylic acids is 1. The Labute approximate surface area is 64.1 Å². The molecule has 0 saturated heterocycles. The summed E-state index contributed by atoms with van der Waals surface area (Å²) >= 11 is 0. The highest BCUT2D eigenvalue weighted by atomic mass is 16.5. The molecule has 0 amide bonds. The molecule has 5 nitrogen and oxygen atoms in total. The molecule has 1 aliphatic heterocycles. The second-order valence-corrected chi connectivity index (χ2v) is 2.22. The van der Waals surface area contributed by atoms with E-state index in [2.05, 4.69) is 10.3 Å². The van der Waals surface area contributed by atoms with Crippen LogP contribution in [0.15, 0.2) is 4.99 Å². The first-order valence-corrected chi connectivity index (χ1v) is 3.31. The Morgan fingerprint density at radius 1 is 2.00 bits per heavy atom. The molecular weight excluding hydrogens is 148 g/mol. The van der Waals surface area contributed by atoms with Gasteiger partial charge in [0.05, 0.1) is 6.54 Å². The van der Waals surface area contributed by atoms with Gasteiger partial charge in [0.15, 0.2) is 11.9 Å². The van der Waals surface area contributed by atoms with E-state index < -0.39 is 12.0 Å². The second kappa shape index (κ2) is 3.34. The SMILES string of the molecule is CNCC1=NC(C(=O)O)CO1. The van der Waals surface area contributed by atoms with Crippen LogP contribution in [0.2, 0.25) is 0 Å². The Balaban J connectivity index is 2.47. The number of nitrogens with zero attached hydrogens (tertiary/aromatic N) is 1. The lowest BCUT2D eigenvalue weighted by Gasteiger charge is -1.97. The van der Waals surface area contributed by atoms with Gasteiger partial charge < -0.3 is 15.2 Å². The molecule has 0 spiro atoms. The topological polar surface area (TPSA) is 70.9 Å². The van der Waals surface area contributed by atoms with Crippen LogP contribution in [0.4, 0.5) is 0 Å². The zero-order valence-corrected chi connectivity index (χ0v) is 6.20. The molecule has 5 heteroatoms. The largest absolute Gasteiger partial charge is 0.480 e. The minimum Gasteiger partial charge on any atom is -0.480 e. The standard InChI is InChI=1S/C6H10N2O3/c1-7-2-5-8-4(3-11-5)6(9)10/h4,7H,2-3H2,1H3,(H,9,10). The quantitative estimate of drug-likeness (QED) is 0.557. The highest BCUT2D eigenvalue weighted by molar-refractivity contribution is 5.85. The maximum absolute atomic E-state index is 10.3. The van der Waals surface area contributed by atoms with Crippen LogP contribution in [0.25, 0.3) is 0 Å². The molecule has 1 atom stereocenters. The molecule has 1 rings (SSSR count). The van der Waals surface area contributed by atoms with Gasteiger partial charge >= 0.3 is 5.97 Å². The Morgan fingerprint density at radius 2 is 2.73 bits per heavy atom. The van der Waals surface area contributed by atoms with Gasteiger partial charge in [-0.2, -0.15) is 0 Å². The summed E-state index contributed by atoms with van der Waals surface area (Å²) < 4.78 is 4.97. The maximum atomic E-state index is 10.3. The maximum Gasteiger partial charge on any atom is 0.332 e. The first-order chi connectivity index (χ1) is 5.24. The van der Waals surface area contributed by atoms with Gasteiger partial charge in [0.25, 0.3) is 0 Å². The van der Waals surface area contributed by atoms with E-state index in [9.17, 15) is 4.79 Å². The van der Waals surface area contributed by atoms with Gasteiger partial charge in [0, 0.05) is 0 Å². The summed E-state index contributed by atoms with van der Waals surface area (Å²) in [6.07, 6.45) is 0. The zero-order valence-electron chi connectivity index (χ0n) is 6.20. The van der Waals surface area contributed by atoms with Gasteiger partial charge in [-0.3, -0.25) is 0 Å². The van der Waals surface area contributed by atoms with Crippen LogP contribution in [0, 0.1) is 0 Å². The minimum absolute atomic E-state index is 0.159.